The quantitative estimate of drug-likeness (QED) is 0.495. The van der Waals surface area contributed by atoms with E-state index in [0.29, 0.717) is 51.7 Å². The molecule has 1 heterocycles. The van der Waals surface area contributed by atoms with Gasteiger partial charge in [-0.05, 0) is 19.1 Å². The van der Waals surface area contributed by atoms with Crippen LogP contribution in [-0.4, -0.2) is 74.8 Å². The minimum atomic E-state index is -0.319. The minimum Gasteiger partial charge on any atom is -0.492 e. The second kappa shape index (κ2) is 9.71. The van der Waals surface area contributed by atoms with Crippen molar-refractivity contribution < 1.29 is 18.7 Å². The first kappa shape index (κ1) is 18.8. The molecule has 1 aliphatic heterocycles. The molecule has 0 unspecified atom stereocenters. The van der Waals surface area contributed by atoms with Crippen LogP contribution in [0.4, 0.5) is 9.18 Å². The van der Waals surface area contributed by atoms with Gasteiger partial charge in [0.2, 0.25) is 0 Å². The maximum absolute atomic E-state index is 13.1. The van der Waals surface area contributed by atoms with E-state index in [-0.39, 0.29) is 11.9 Å². The molecule has 1 fully saturated rings. The number of amides is 1. The van der Waals surface area contributed by atoms with Crippen molar-refractivity contribution >= 4 is 12.1 Å². The summed E-state index contributed by atoms with van der Waals surface area (Å²) in [5.74, 6) is 0.937. The van der Waals surface area contributed by atoms with Gasteiger partial charge in [0.15, 0.2) is 5.96 Å². The van der Waals surface area contributed by atoms with Gasteiger partial charge in [0.25, 0.3) is 0 Å². The van der Waals surface area contributed by atoms with Crippen molar-refractivity contribution in [2.75, 3.05) is 53.0 Å². The molecule has 7 nitrogen and oxygen atoms in total. The normalized spacial score (nSPS) is 15.1. The Morgan fingerprint density at radius 3 is 2.64 bits per heavy atom. The van der Waals surface area contributed by atoms with E-state index in [1.54, 1.807) is 31.0 Å². The van der Waals surface area contributed by atoms with Gasteiger partial charge in [0.1, 0.15) is 18.2 Å². The van der Waals surface area contributed by atoms with Crippen molar-refractivity contribution in [3.63, 3.8) is 0 Å². The maximum Gasteiger partial charge on any atom is 0.409 e. The first-order valence-electron chi connectivity index (χ1n) is 8.39. The highest BCUT2D eigenvalue weighted by molar-refractivity contribution is 5.80. The Morgan fingerprint density at radius 1 is 1.28 bits per heavy atom. The summed E-state index contributed by atoms with van der Waals surface area (Å²) in [6.07, 6.45) is -0.270. The molecule has 1 aromatic rings. The third-order valence-electron chi connectivity index (χ3n) is 3.77. The highest BCUT2D eigenvalue weighted by Gasteiger charge is 2.23. The summed E-state index contributed by atoms with van der Waals surface area (Å²) in [7, 11) is 1.72. The van der Waals surface area contributed by atoms with Crippen LogP contribution in [0.3, 0.4) is 0 Å². The van der Waals surface area contributed by atoms with Crippen molar-refractivity contribution in [2.45, 2.75) is 6.92 Å². The number of aliphatic imine (C=N–C) groups is 1. The Morgan fingerprint density at radius 2 is 2.00 bits per heavy atom. The van der Waals surface area contributed by atoms with Crippen LogP contribution >= 0.6 is 0 Å². The molecule has 8 heteroatoms. The highest BCUT2D eigenvalue weighted by atomic mass is 19.1. The number of hydrogen-bond donors (Lipinski definition) is 1. The van der Waals surface area contributed by atoms with Crippen molar-refractivity contribution in [1.82, 2.24) is 15.1 Å². The molecule has 1 saturated heterocycles. The number of hydrogen-bond acceptors (Lipinski definition) is 4. The van der Waals surface area contributed by atoms with Crippen molar-refractivity contribution in [2.24, 2.45) is 4.99 Å². The Balaban J connectivity index is 1.71. The predicted octanol–water partition coefficient (Wildman–Crippen LogP) is 1.55. The summed E-state index contributed by atoms with van der Waals surface area (Å²) in [6.45, 7) is 5.68. The van der Waals surface area contributed by atoms with Crippen LogP contribution in [0.25, 0.3) is 0 Å². The molecule has 1 N–H and O–H groups in total. The molecule has 1 aromatic carbocycles. The summed E-state index contributed by atoms with van der Waals surface area (Å²) in [6, 6.07) is 6.05. The summed E-state index contributed by atoms with van der Waals surface area (Å²) in [4.78, 5) is 19.7. The van der Waals surface area contributed by atoms with Crippen LogP contribution in [0.15, 0.2) is 29.3 Å². The molecular weight excluding hydrogens is 327 g/mol. The number of halogens is 1. The summed E-state index contributed by atoms with van der Waals surface area (Å²) >= 11 is 0. The number of ether oxygens (including phenoxy) is 2. The van der Waals surface area contributed by atoms with E-state index in [2.05, 4.69) is 15.2 Å². The van der Waals surface area contributed by atoms with Gasteiger partial charge in [-0.3, -0.25) is 4.99 Å². The third kappa shape index (κ3) is 5.81. The molecular formula is C17H25FN4O3. The lowest BCUT2D eigenvalue weighted by Gasteiger charge is -2.35. The van der Waals surface area contributed by atoms with Gasteiger partial charge in [-0.1, -0.05) is 6.07 Å². The molecule has 2 rings (SSSR count). The highest BCUT2D eigenvalue weighted by Crippen LogP contribution is 2.11. The number of rotatable bonds is 5. The number of carbonyl (C=O) groups is 1. The third-order valence-corrected chi connectivity index (χ3v) is 3.77. The second-order valence-electron chi connectivity index (χ2n) is 5.45. The van der Waals surface area contributed by atoms with E-state index >= 15 is 0 Å². The SMILES string of the molecule is CCOC(=O)N1CCN(C(=NC)NCCOc2cccc(F)c2)CC1. The number of carbonyl (C=O) groups excluding carboxylic acids is 1. The van der Waals surface area contributed by atoms with Gasteiger partial charge < -0.3 is 24.6 Å². The van der Waals surface area contributed by atoms with E-state index in [1.165, 1.54) is 12.1 Å². The lowest BCUT2D eigenvalue weighted by Crippen LogP contribution is -2.54. The van der Waals surface area contributed by atoms with Gasteiger partial charge >= 0.3 is 6.09 Å². The first-order valence-corrected chi connectivity index (χ1v) is 8.39. The van der Waals surface area contributed by atoms with Crippen LogP contribution < -0.4 is 10.1 Å². The molecule has 25 heavy (non-hydrogen) atoms. The molecule has 0 aliphatic carbocycles. The number of nitrogens with one attached hydrogen (secondary N) is 1. The minimum absolute atomic E-state index is 0.270. The molecule has 1 aliphatic rings. The lowest BCUT2D eigenvalue weighted by molar-refractivity contribution is 0.0914. The van der Waals surface area contributed by atoms with Crippen molar-refractivity contribution in [3.8, 4) is 5.75 Å². The fourth-order valence-electron chi connectivity index (χ4n) is 2.54. The largest absolute Gasteiger partial charge is 0.492 e. The maximum atomic E-state index is 13.1. The number of piperazine rings is 1. The zero-order chi connectivity index (χ0) is 18.1. The van der Waals surface area contributed by atoms with Gasteiger partial charge in [-0.25, -0.2) is 9.18 Å². The summed E-state index contributed by atoms with van der Waals surface area (Å²) < 4.78 is 23.6. The van der Waals surface area contributed by atoms with Crippen LogP contribution in [0.5, 0.6) is 5.75 Å². The fraction of sp³-hybridized carbons (Fsp3) is 0.529. The average Bonchev–Trinajstić information content (AvgIpc) is 2.62. The molecule has 138 valence electrons. The van der Waals surface area contributed by atoms with Crippen LogP contribution in [-0.2, 0) is 4.74 Å². The van der Waals surface area contributed by atoms with Crippen molar-refractivity contribution in [1.29, 1.82) is 0 Å². The topological polar surface area (TPSA) is 66.4 Å². The van der Waals surface area contributed by atoms with Gasteiger partial charge in [-0.2, -0.15) is 0 Å². The first-order chi connectivity index (χ1) is 12.1. The van der Waals surface area contributed by atoms with Crippen LogP contribution in [0.1, 0.15) is 6.92 Å². The molecule has 0 bridgehead atoms. The molecule has 0 aromatic heterocycles. The second-order valence-corrected chi connectivity index (χ2v) is 5.45. The molecule has 0 saturated carbocycles. The monoisotopic (exact) mass is 352 g/mol. The van der Waals surface area contributed by atoms with E-state index in [9.17, 15) is 9.18 Å². The smallest absolute Gasteiger partial charge is 0.409 e. The molecule has 0 atom stereocenters. The Bertz CT molecular complexity index is 589. The van der Waals surface area contributed by atoms with E-state index in [4.69, 9.17) is 9.47 Å². The van der Waals surface area contributed by atoms with E-state index in [0.717, 1.165) is 5.96 Å². The van der Waals surface area contributed by atoms with Gasteiger partial charge in [0.05, 0.1) is 13.2 Å². The van der Waals surface area contributed by atoms with Crippen molar-refractivity contribution in [3.05, 3.63) is 30.1 Å². The summed E-state index contributed by atoms with van der Waals surface area (Å²) in [5, 5.41) is 3.22. The zero-order valence-electron chi connectivity index (χ0n) is 14.7. The van der Waals surface area contributed by atoms with Gasteiger partial charge in [-0.15, -0.1) is 0 Å². The zero-order valence-corrected chi connectivity index (χ0v) is 14.7. The number of guanidine groups is 1. The van der Waals surface area contributed by atoms with Crippen LogP contribution in [0.2, 0.25) is 0 Å². The average molecular weight is 352 g/mol. The predicted molar refractivity (Wildman–Crippen MR) is 93.4 cm³/mol. The Labute approximate surface area is 147 Å². The van der Waals surface area contributed by atoms with Gasteiger partial charge in [0, 0.05) is 39.3 Å². The summed E-state index contributed by atoms with van der Waals surface area (Å²) in [5.41, 5.74) is 0. The molecule has 1 amide bonds. The van der Waals surface area contributed by atoms with E-state index < -0.39 is 0 Å². The van der Waals surface area contributed by atoms with Crippen LogP contribution in [0, 0.1) is 5.82 Å². The Hall–Kier alpha value is -2.51. The lowest BCUT2D eigenvalue weighted by atomic mass is 10.3. The Kier molecular flexibility index (Phi) is 7.31. The molecule has 0 spiro atoms. The van der Waals surface area contributed by atoms with E-state index in [1.807, 2.05) is 0 Å². The fourth-order valence-corrected chi connectivity index (χ4v) is 2.54. The number of nitrogens with zero attached hydrogens (tertiary/aromatic N) is 3. The standard InChI is InChI=1S/C17H25FN4O3/c1-3-24-17(23)22-10-8-21(9-11-22)16(19-2)20-7-12-25-15-6-4-5-14(18)13-15/h4-6,13H,3,7-12H2,1-2H3,(H,19,20). The number of benzene rings is 1. The molecule has 0 radical (unpaired) electrons.